The van der Waals surface area contributed by atoms with Gasteiger partial charge in [-0.3, -0.25) is 4.79 Å². The fraction of sp³-hybridized carbons (Fsp3) is 0.304. The topological polar surface area (TPSA) is 59.4 Å². The van der Waals surface area contributed by atoms with Gasteiger partial charge >= 0.3 is 5.56 Å². The molecule has 0 amide bonds. The van der Waals surface area contributed by atoms with E-state index < -0.39 is 35.6 Å². The number of benzene rings is 2. The van der Waals surface area contributed by atoms with Crippen LogP contribution in [-0.2, 0) is 0 Å². The molecule has 0 spiro atoms. The number of aromatic nitrogens is 2. The second kappa shape index (κ2) is 8.51. The second-order valence-corrected chi connectivity index (χ2v) is 7.96. The first-order valence-electron chi connectivity index (χ1n) is 10.5. The molecule has 10 heteroatoms. The SMILES string of the molecule is O=c1c(OC2C(F)c3ccccc3C2F)c(N2CCNCC2)cnn1-c1cc(F)cc(F)c1. The van der Waals surface area contributed by atoms with E-state index in [1.165, 1.54) is 18.3 Å². The molecule has 2 aliphatic rings. The lowest BCUT2D eigenvalue weighted by atomic mass is 10.1. The number of nitrogens with one attached hydrogen (secondary N) is 1. The van der Waals surface area contributed by atoms with E-state index in [1.807, 2.05) is 4.90 Å². The molecule has 33 heavy (non-hydrogen) atoms. The van der Waals surface area contributed by atoms with Crippen molar-refractivity contribution in [3.05, 3.63) is 81.8 Å². The van der Waals surface area contributed by atoms with Crippen molar-refractivity contribution in [2.75, 3.05) is 31.1 Å². The molecule has 2 unspecified atom stereocenters. The summed E-state index contributed by atoms with van der Waals surface area (Å²) in [6.45, 7) is 2.28. The average Bonchev–Trinajstić information content (AvgIpc) is 3.05. The van der Waals surface area contributed by atoms with Gasteiger partial charge in [0.05, 0.1) is 11.9 Å². The van der Waals surface area contributed by atoms with Crippen molar-refractivity contribution in [1.29, 1.82) is 0 Å². The van der Waals surface area contributed by atoms with Crippen molar-refractivity contribution in [2.45, 2.75) is 18.4 Å². The van der Waals surface area contributed by atoms with Gasteiger partial charge in [-0.1, -0.05) is 24.3 Å². The van der Waals surface area contributed by atoms with Gasteiger partial charge in [0.25, 0.3) is 0 Å². The van der Waals surface area contributed by atoms with Crippen molar-refractivity contribution in [3.8, 4) is 11.4 Å². The number of hydrogen-bond acceptors (Lipinski definition) is 5. The van der Waals surface area contributed by atoms with Crippen LogP contribution in [0.15, 0.2) is 53.5 Å². The van der Waals surface area contributed by atoms with Crippen molar-refractivity contribution < 1.29 is 22.3 Å². The molecule has 2 aromatic carbocycles. The van der Waals surface area contributed by atoms with Crippen molar-refractivity contribution in [1.82, 2.24) is 15.1 Å². The summed E-state index contributed by atoms with van der Waals surface area (Å²) < 4.78 is 64.3. The predicted octanol–water partition coefficient (Wildman–Crippen LogP) is 3.40. The van der Waals surface area contributed by atoms with Gasteiger partial charge in [-0.2, -0.15) is 9.78 Å². The van der Waals surface area contributed by atoms with E-state index in [0.717, 1.165) is 16.8 Å². The average molecular weight is 460 g/mol. The lowest BCUT2D eigenvalue weighted by Gasteiger charge is -2.31. The van der Waals surface area contributed by atoms with Gasteiger partial charge in [-0.15, -0.1) is 0 Å². The number of alkyl halides is 2. The van der Waals surface area contributed by atoms with E-state index in [2.05, 4.69) is 10.4 Å². The van der Waals surface area contributed by atoms with Gasteiger partial charge in [0.1, 0.15) is 17.3 Å². The summed E-state index contributed by atoms with van der Waals surface area (Å²) in [5, 5.41) is 7.24. The zero-order chi connectivity index (χ0) is 23.1. The van der Waals surface area contributed by atoms with Crippen LogP contribution >= 0.6 is 0 Å². The number of anilines is 1. The maximum atomic E-state index is 15.1. The number of piperazine rings is 1. The smallest absolute Gasteiger partial charge is 0.316 e. The highest BCUT2D eigenvalue weighted by molar-refractivity contribution is 5.57. The molecule has 3 aromatic rings. The molecule has 2 heterocycles. The molecule has 172 valence electrons. The molecular weight excluding hydrogens is 440 g/mol. The van der Waals surface area contributed by atoms with Crippen LogP contribution in [0.1, 0.15) is 23.5 Å². The first-order chi connectivity index (χ1) is 15.9. The molecule has 1 N–H and O–H groups in total. The third kappa shape index (κ3) is 3.84. The zero-order valence-electron chi connectivity index (χ0n) is 17.3. The third-order valence-electron chi connectivity index (χ3n) is 5.89. The fourth-order valence-corrected chi connectivity index (χ4v) is 4.29. The molecule has 0 bridgehead atoms. The van der Waals surface area contributed by atoms with Gasteiger partial charge in [-0.25, -0.2) is 17.6 Å². The van der Waals surface area contributed by atoms with Crippen LogP contribution in [0.5, 0.6) is 5.75 Å². The Morgan fingerprint density at radius 1 is 0.970 bits per heavy atom. The summed E-state index contributed by atoms with van der Waals surface area (Å²) in [6, 6.07) is 8.70. The Kier molecular flexibility index (Phi) is 5.53. The Morgan fingerprint density at radius 3 is 2.18 bits per heavy atom. The number of rotatable bonds is 4. The summed E-state index contributed by atoms with van der Waals surface area (Å²) in [6.07, 6.45) is -3.86. The largest absolute Gasteiger partial charge is 0.476 e. The predicted molar refractivity (Wildman–Crippen MR) is 113 cm³/mol. The maximum Gasteiger partial charge on any atom is 0.316 e. The summed E-state index contributed by atoms with van der Waals surface area (Å²) >= 11 is 0. The van der Waals surface area contributed by atoms with Gasteiger partial charge in [0.15, 0.2) is 18.4 Å². The maximum absolute atomic E-state index is 15.1. The van der Waals surface area contributed by atoms with E-state index in [4.69, 9.17) is 4.74 Å². The van der Waals surface area contributed by atoms with Crippen LogP contribution in [0.4, 0.5) is 23.2 Å². The summed E-state index contributed by atoms with van der Waals surface area (Å²) in [4.78, 5) is 15.2. The third-order valence-corrected chi connectivity index (χ3v) is 5.89. The van der Waals surface area contributed by atoms with Crippen LogP contribution in [0.3, 0.4) is 0 Å². The lowest BCUT2D eigenvalue weighted by Crippen LogP contribution is -2.44. The highest BCUT2D eigenvalue weighted by Gasteiger charge is 2.44. The number of halogens is 4. The van der Waals surface area contributed by atoms with Crippen LogP contribution < -0.4 is 20.5 Å². The molecule has 1 fully saturated rings. The molecule has 1 saturated heterocycles. The quantitative estimate of drug-likeness (QED) is 0.605. The van der Waals surface area contributed by atoms with E-state index >= 15 is 8.78 Å². The van der Waals surface area contributed by atoms with Crippen molar-refractivity contribution >= 4 is 5.69 Å². The van der Waals surface area contributed by atoms with Crippen LogP contribution in [0.25, 0.3) is 5.69 Å². The Morgan fingerprint density at radius 2 is 1.58 bits per heavy atom. The Balaban J connectivity index is 1.60. The van der Waals surface area contributed by atoms with E-state index in [9.17, 15) is 13.6 Å². The van der Waals surface area contributed by atoms with Gasteiger partial charge < -0.3 is 15.0 Å². The Bertz CT molecular complexity index is 1200. The van der Waals surface area contributed by atoms with Crippen LogP contribution in [-0.4, -0.2) is 42.1 Å². The lowest BCUT2D eigenvalue weighted by molar-refractivity contribution is 0.0479. The minimum atomic E-state index is -1.79. The second-order valence-electron chi connectivity index (χ2n) is 7.96. The van der Waals surface area contributed by atoms with Gasteiger partial charge in [-0.05, 0) is 23.3 Å². The highest BCUT2D eigenvalue weighted by atomic mass is 19.2. The first kappa shape index (κ1) is 21.4. The molecule has 0 radical (unpaired) electrons. The van der Waals surface area contributed by atoms with Crippen LogP contribution in [0.2, 0.25) is 0 Å². The number of nitrogens with zero attached hydrogens (tertiary/aromatic N) is 3. The molecule has 2 atom stereocenters. The fourth-order valence-electron chi connectivity index (χ4n) is 4.29. The molecule has 0 saturated carbocycles. The molecule has 1 aliphatic heterocycles. The Labute approximate surface area is 186 Å². The monoisotopic (exact) mass is 460 g/mol. The molecule has 6 nitrogen and oxygen atoms in total. The van der Waals surface area contributed by atoms with Crippen molar-refractivity contribution in [2.24, 2.45) is 0 Å². The molecule has 1 aromatic heterocycles. The van der Waals surface area contributed by atoms with Gasteiger partial charge in [0.2, 0.25) is 5.75 Å². The summed E-state index contributed by atoms with van der Waals surface area (Å²) in [5.74, 6) is -2.11. The first-order valence-corrected chi connectivity index (χ1v) is 10.5. The van der Waals surface area contributed by atoms with E-state index in [1.54, 1.807) is 12.1 Å². The van der Waals surface area contributed by atoms with Gasteiger partial charge in [0, 0.05) is 32.2 Å². The van der Waals surface area contributed by atoms with E-state index in [0.29, 0.717) is 32.2 Å². The number of ether oxygens (including phenoxy) is 1. The molecule has 5 rings (SSSR count). The minimum absolute atomic E-state index is 0.167. The highest BCUT2D eigenvalue weighted by Crippen LogP contribution is 2.45. The summed E-state index contributed by atoms with van der Waals surface area (Å²) in [5.41, 5.74) is -0.436. The summed E-state index contributed by atoms with van der Waals surface area (Å²) in [7, 11) is 0. The van der Waals surface area contributed by atoms with E-state index in [-0.39, 0.29) is 28.3 Å². The normalized spacial score (nSPS) is 22.3. The molecular formula is C23H20F4N4O2. The standard InChI is InChI=1S/C23H20F4N4O2/c24-13-9-14(25)11-15(10-13)31-23(32)21(18(12-29-31)30-7-5-28-6-8-30)33-22-19(26)16-3-1-2-4-17(16)20(22)27/h1-4,9-12,19-20,22,28H,5-8H2. The van der Waals surface area contributed by atoms with Crippen molar-refractivity contribution in [3.63, 3.8) is 0 Å². The zero-order valence-corrected chi connectivity index (χ0v) is 17.3. The minimum Gasteiger partial charge on any atom is -0.476 e. The number of hydrogen-bond donors (Lipinski definition) is 1. The number of fused-ring (bicyclic) bond motifs is 1. The molecule has 1 aliphatic carbocycles. The van der Waals surface area contributed by atoms with Crippen LogP contribution in [0, 0.1) is 11.6 Å². The Hall–Kier alpha value is -3.40.